The zero-order valence-corrected chi connectivity index (χ0v) is 9.35. The van der Waals surface area contributed by atoms with Crippen molar-refractivity contribution >= 4 is 0 Å². The van der Waals surface area contributed by atoms with E-state index in [1.165, 1.54) is 0 Å². The van der Waals surface area contributed by atoms with E-state index in [-0.39, 0.29) is 21.2 Å². The Bertz CT molecular complexity index is 213. The van der Waals surface area contributed by atoms with Gasteiger partial charge in [-0.1, -0.05) is 0 Å². The summed E-state index contributed by atoms with van der Waals surface area (Å²) in [6.07, 6.45) is 0. The van der Waals surface area contributed by atoms with Crippen molar-refractivity contribution in [1.29, 1.82) is 0 Å². The standard InChI is InChI=1S/C8H14IN2O/c1-6-5-11-3-4-12-7(6)8(10)9-2/h11H,1,3-5,10H2,2H3/q-1/b8-7-. The Kier molecular flexibility index (Phi) is 3.87. The Morgan fingerprint density at radius 3 is 3.17 bits per heavy atom. The number of alkyl halides is 1. The van der Waals surface area contributed by atoms with Crippen LogP contribution in [0.5, 0.6) is 0 Å². The summed E-state index contributed by atoms with van der Waals surface area (Å²) >= 11 is -0.0762. The fourth-order valence-corrected chi connectivity index (χ4v) is 2.00. The first-order valence-electron chi connectivity index (χ1n) is 3.76. The number of rotatable bonds is 1. The number of halogens is 1. The Hall–Kier alpha value is -0.230. The fourth-order valence-electron chi connectivity index (χ4n) is 0.971. The summed E-state index contributed by atoms with van der Waals surface area (Å²) < 4.78 is 6.39. The second kappa shape index (κ2) is 4.71. The average Bonchev–Trinajstić information content (AvgIpc) is 2.28. The van der Waals surface area contributed by atoms with Gasteiger partial charge in [0.2, 0.25) is 0 Å². The minimum atomic E-state index is -0.0762. The Morgan fingerprint density at radius 1 is 1.75 bits per heavy atom. The average molecular weight is 281 g/mol. The third-order valence-corrected chi connectivity index (χ3v) is 3.26. The van der Waals surface area contributed by atoms with Crippen molar-refractivity contribution in [2.45, 2.75) is 0 Å². The van der Waals surface area contributed by atoms with Crippen LogP contribution in [0.4, 0.5) is 0 Å². The van der Waals surface area contributed by atoms with Crippen molar-refractivity contribution in [3.63, 3.8) is 0 Å². The van der Waals surface area contributed by atoms with Gasteiger partial charge in [0.15, 0.2) is 0 Å². The van der Waals surface area contributed by atoms with Crippen LogP contribution in [0.15, 0.2) is 21.6 Å². The summed E-state index contributed by atoms with van der Waals surface area (Å²) in [5.41, 5.74) is 6.80. The molecule has 0 saturated carbocycles. The van der Waals surface area contributed by atoms with Crippen LogP contribution in [0.25, 0.3) is 0 Å². The van der Waals surface area contributed by atoms with Gasteiger partial charge in [0.25, 0.3) is 0 Å². The third-order valence-electron chi connectivity index (χ3n) is 1.61. The number of hydrogen-bond acceptors (Lipinski definition) is 3. The topological polar surface area (TPSA) is 47.3 Å². The fraction of sp³-hybridized carbons (Fsp3) is 0.500. The van der Waals surface area contributed by atoms with E-state index in [4.69, 9.17) is 10.5 Å². The molecule has 1 aliphatic rings. The van der Waals surface area contributed by atoms with E-state index >= 15 is 0 Å². The van der Waals surface area contributed by atoms with E-state index in [0.717, 1.165) is 28.1 Å². The second-order valence-electron chi connectivity index (χ2n) is 2.49. The van der Waals surface area contributed by atoms with Gasteiger partial charge in [-0.3, -0.25) is 0 Å². The molecule has 1 saturated heterocycles. The molecule has 1 heterocycles. The van der Waals surface area contributed by atoms with Crippen LogP contribution < -0.4 is 32.3 Å². The van der Waals surface area contributed by atoms with E-state index in [2.05, 4.69) is 16.8 Å². The normalized spacial score (nSPS) is 23.2. The number of nitrogens with two attached hydrogens (primary N) is 1. The predicted molar refractivity (Wildman–Crippen MR) is 45.1 cm³/mol. The molecule has 0 aliphatic carbocycles. The molecule has 0 radical (unpaired) electrons. The van der Waals surface area contributed by atoms with Gasteiger partial charge in [0.05, 0.1) is 0 Å². The molecule has 0 aromatic heterocycles. The monoisotopic (exact) mass is 281 g/mol. The van der Waals surface area contributed by atoms with Crippen molar-refractivity contribution in [1.82, 2.24) is 5.32 Å². The van der Waals surface area contributed by atoms with Crippen molar-refractivity contribution in [3.8, 4) is 0 Å². The molecule has 4 heteroatoms. The molecule has 0 aromatic rings. The van der Waals surface area contributed by atoms with Crippen LogP contribution in [0.3, 0.4) is 0 Å². The summed E-state index contributed by atoms with van der Waals surface area (Å²) in [5.74, 6) is 0.843. The molecular formula is C8H14IN2O-. The molecule has 70 valence electrons. The molecule has 3 N–H and O–H groups in total. The van der Waals surface area contributed by atoms with Crippen molar-refractivity contribution in [2.24, 2.45) is 5.73 Å². The van der Waals surface area contributed by atoms with E-state index < -0.39 is 0 Å². The SMILES string of the molecule is C=C1CNCCO/C1=C(\N)[I-]C. The predicted octanol–water partition coefficient (Wildman–Crippen LogP) is -2.99. The van der Waals surface area contributed by atoms with Gasteiger partial charge in [-0.25, -0.2) is 0 Å². The number of ether oxygens (including phenoxy) is 1. The summed E-state index contributed by atoms with van der Waals surface area (Å²) in [6.45, 7) is 6.27. The van der Waals surface area contributed by atoms with Crippen molar-refractivity contribution < 1.29 is 25.9 Å². The Morgan fingerprint density at radius 2 is 2.50 bits per heavy atom. The van der Waals surface area contributed by atoms with Crippen LogP contribution in [-0.2, 0) is 4.74 Å². The quantitative estimate of drug-likeness (QED) is 0.306. The molecule has 0 amide bonds. The molecule has 1 fully saturated rings. The molecule has 1 rings (SSSR count). The van der Waals surface area contributed by atoms with E-state index in [1.807, 2.05) is 0 Å². The summed E-state index contributed by atoms with van der Waals surface area (Å²) in [6, 6.07) is 0. The molecule has 0 atom stereocenters. The van der Waals surface area contributed by atoms with Gasteiger partial charge < -0.3 is 0 Å². The minimum absolute atomic E-state index is 0.0762. The van der Waals surface area contributed by atoms with Gasteiger partial charge in [0.1, 0.15) is 0 Å². The second-order valence-corrected chi connectivity index (χ2v) is 4.74. The zero-order valence-electron chi connectivity index (χ0n) is 7.19. The molecule has 3 nitrogen and oxygen atoms in total. The van der Waals surface area contributed by atoms with E-state index in [1.54, 1.807) is 0 Å². The van der Waals surface area contributed by atoms with Gasteiger partial charge in [0, 0.05) is 0 Å². The molecule has 0 unspecified atom stereocenters. The first-order chi connectivity index (χ1) is 5.75. The molecule has 0 spiro atoms. The molecule has 1 aliphatic heterocycles. The van der Waals surface area contributed by atoms with Crippen molar-refractivity contribution in [3.05, 3.63) is 21.6 Å². The zero-order chi connectivity index (χ0) is 8.97. The first kappa shape index (κ1) is 9.85. The van der Waals surface area contributed by atoms with Crippen LogP contribution in [-0.4, -0.2) is 24.6 Å². The van der Waals surface area contributed by atoms with Gasteiger partial charge in [-0.15, -0.1) is 0 Å². The number of hydrogen-bond donors (Lipinski definition) is 2. The van der Waals surface area contributed by atoms with E-state index in [9.17, 15) is 0 Å². The Labute approximate surface area is 83.3 Å². The summed E-state index contributed by atoms with van der Waals surface area (Å²) in [7, 11) is 0. The Balaban J connectivity index is 2.78. The first-order valence-corrected chi connectivity index (χ1v) is 7.00. The van der Waals surface area contributed by atoms with Crippen LogP contribution in [0.2, 0.25) is 0 Å². The summed E-state index contributed by atoms with van der Waals surface area (Å²) in [4.78, 5) is 2.12. The summed E-state index contributed by atoms with van der Waals surface area (Å²) in [5, 5.41) is 3.20. The number of nitrogens with one attached hydrogen (secondary N) is 1. The van der Waals surface area contributed by atoms with Crippen LogP contribution in [0, 0.1) is 0 Å². The van der Waals surface area contributed by atoms with Crippen molar-refractivity contribution in [2.75, 3.05) is 24.6 Å². The van der Waals surface area contributed by atoms with Gasteiger partial charge in [-0.2, -0.15) is 0 Å². The molecule has 0 aromatic carbocycles. The van der Waals surface area contributed by atoms with Crippen LogP contribution in [0.1, 0.15) is 0 Å². The maximum absolute atomic E-state index is 5.82. The molecule has 12 heavy (non-hydrogen) atoms. The molecular weight excluding hydrogens is 267 g/mol. The van der Waals surface area contributed by atoms with E-state index in [0.29, 0.717) is 6.61 Å². The third kappa shape index (κ3) is 2.38. The van der Waals surface area contributed by atoms with Gasteiger partial charge in [-0.05, 0) is 0 Å². The van der Waals surface area contributed by atoms with Gasteiger partial charge >= 0.3 is 83.2 Å². The van der Waals surface area contributed by atoms with Crippen LogP contribution >= 0.6 is 0 Å². The maximum atomic E-state index is 5.82. The molecule has 0 bridgehead atoms.